The topological polar surface area (TPSA) is 123 Å². The molecule has 0 radical (unpaired) electrons. The van der Waals surface area contributed by atoms with Gasteiger partial charge < -0.3 is 15.8 Å². The predicted molar refractivity (Wildman–Crippen MR) is 106 cm³/mol. The zero-order valence-corrected chi connectivity index (χ0v) is 16.9. The number of nitrogens with zero attached hydrogens (tertiary/aromatic N) is 3. The third kappa shape index (κ3) is 4.02. The molecule has 9 heteroatoms. The van der Waals surface area contributed by atoms with Gasteiger partial charge in [0.1, 0.15) is 5.56 Å². The number of carbonyl (C=O) groups excluding carboxylic acids is 2. The van der Waals surface area contributed by atoms with Gasteiger partial charge in [-0.1, -0.05) is 12.8 Å². The Morgan fingerprint density at radius 1 is 1.36 bits per heavy atom. The maximum Gasteiger partial charge on any atom is 0.339 e. The van der Waals surface area contributed by atoms with Crippen LogP contribution in [0.5, 0.6) is 0 Å². The van der Waals surface area contributed by atoms with Crippen molar-refractivity contribution in [2.75, 3.05) is 12.4 Å². The van der Waals surface area contributed by atoms with Gasteiger partial charge in [-0.25, -0.2) is 4.79 Å². The largest absolute Gasteiger partial charge is 0.465 e. The second-order valence-electron chi connectivity index (χ2n) is 6.63. The van der Waals surface area contributed by atoms with E-state index < -0.39 is 11.9 Å². The molecule has 3 rings (SSSR count). The number of nitriles is 1. The summed E-state index contributed by atoms with van der Waals surface area (Å²) in [5, 5.41) is 17.0. The number of aromatic nitrogens is 2. The molecular formula is C19H20BrN5O3. The fourth-order valence-corrected chi connectivity index (χ4v) is 3.96. The van der Waals surface area contributed by atoms with Crippen LogP contribution in [0, 0.1) is 17.2 Å². The average molecular weight is 446 g/mol. The molecule has 1 heterocycles. The molecule has 3 N–H and O–H groups in total. The highest BCUT2D eigenvalue weighted by Gasteiger charge is 2.29. The quantitative estimate of drug-likeness (QED) is 0.678. The number of halogens is 1. The van der Waals surface area contributed by atoms with Crippen molar-refractivity contribution in [2.45, 2.75) is 31.7 Å². The number of hydrogen-bond donors (Lipinski definition) is 2. The van der Waals surface area contributed by atoms with Crippen molar-refractivity contribution < 1.29 is 14.3 Å². The Balaban J connectivity index is 1.91. The minimum atomic E-state index is -0.608. The molecular weight excluding hydrogens is 426 g/mol. The van der Waals surface area contributed by atoms with E-state index >= 15 is 0 Å². The number of esters is 1. The molecule has 0 aliphatic heterocycles. The van der Waals surface area contributed by atoms with Gasteiger partial charge in [-0.05, 0) is 47.0 Å². The number of hydrogen-bond acceptors (Lipinski definition) is 6. The van der Waals surface area contributed by atoms with Crippen molar-refractivity contribution >= 4 is 39.3 Å². The van der Waals surface area contributed by atoms with Gasteiger partial charge >= 0.3 is 5.97 Å². The van der Waals surface area contributed by atoms with Crippen LogP contribution in [-0.4, -0.2) is 28.8 Å². The van der Waals surface area contributed by atoms with Crippen LogP contribution in [0.2, 0.25) is 0 Å². The summed E-state index contributed by atoms with van der Waals surface area (Å²) < 4.78 is 6.94. The number of methoxy groups -OCH3 is 1. The van der Waals surface area contributed by atoms with E-state index in [-0.39, 0.29) is 17.5 Å². The number of rotatable bonds is 5. The van der Waals surface area contributed by atoms with Crippen molar-refractivity contribution in [2.24, 2.45) is 11.7 Å². The molecule has 2 aromatic rings. The number of amides is 1. The van der Waals surface area contributed by atoms with E-state index in [4.69, 9.17) is 10.5 Å². The minimum absolute atomic E-state index is 0.0826. The standard InChI is InChI=1S/C19H20BrN5O3/c1-28-19(27)13-7-6-12(8-15(13)20)23-18-14(17(22)26)10-25(24-18)16-5-3-2-4-11(16)9-21/h6-8,10-11,16H,2-5H2,1H3,(H2,22,26)(H,23,24). The molecule has 1 aliphatic rings. The van der Waals surface area contributed by atoms with Gasteiger partial charge in [0.25, 0.3) is 5.91 Å². The summed E-state index contributed by atoms with van der Waals surface area (Å²) in [6.45, 7) is 0. The third-order valence-corrected chi connectivity index (χ3v) is 5.53. The highest BCUT2D eigenvalue weighted by molar-refractivity contribution is 9.10. The highest BCUT2D eigenvalue weighted by atomic mass is 79.9. The van der Waals surface area contributed by atoms with Crippen LogP contribution >= 0.6 is 15.9 Å². The lowest BCUT2D eigenvalue weighted by atomic mass is 9.85. The number of primary amides is 1. The maximum atomic E-state index is 11.9. The second kappa shape index (κ2) is 8.44. The summed E-state index contributed by atoms with van der Waals surface area (Å²) >= 11 is 3.34. The Hall–Kier alpha value is -2.86. The lowest BCUT2D eigenvalue weighted by Gasteiger charge is -2.26. The summed E-state index contributed by atoms with van der Waals surface area (Å²) in [6.07, 6.45) is 5.28. The van der Waals surface area contributed by atoms with Gasteiger partial charge in [-0.3, -0.25) is 9.48 Å². The number of carbonyl (C=O) groups is 2. The summed E-state index contributed by atoms with van der Waals surface area (Å²) in [7, 11) is 1.31. The highest BCUT2D eigenvalue weighted by Crippen LogP contribution is 2.34. The number of nitrogens with one attached hydrogen (secondary N) is 1. The van der Waals surface area contributed by atoms with Crippen LogP contribution in [0.4, 0.5) is 11.5 Å². The number of ether oxygens (including phenoxy) is 1. The van der Waals surface area contributed by atoms with E-state index in [2.05, 4.69) is 32.4 Å². The first-order valence-corrected chi connectivity index (χ1v) is 9.67. The molecule has 0 bridgehead atoms. The Bertz CT molecular complexity index is 950. The molecule has 1 saturated carbocycles. The van der Waals surface area contributed by atoms with Gasteiger partial charge in [0.05, 0.1) is 30.7 Å². The van der Waals surface area contributed by atoms with Gasteiger partial charge in [-0.15, -0.1) is 0 Å². The zero-order valence-electron chi connectivity index (χ0n) is 15.3. The molecule has 0 spiro atoms. The summed E-state index contributed by atoms with van der Waals surface area (Å²) in [5.41, 5.74) is 6.77. The second-order valence-corrected chi connectivity index (χ2v) is 7.49. The van der Waals surface area contributed by atoms with E-state index in [1.165, 1.54) is 7.11 Å². The third-order valence-electron chi connectivity index (χ3n) is 4.87. The van der Waals surface area contributed by atoms with Crippen LogP contribution in [0.3, 0.4) is 0 Å². The maximum absolute atomic E-state index is 11.9. The first-order valence-electron chi connectivity index (χ1n) is 8.88. The van der Waals surface area contributed by atoms with E-state index in [1.54, 1.807) is 29.1 Å². The zero-order chi connectivity index (χ0) is 20.3. The molecule has 1 aliphatic carbocycles. The van der Waals surface area contributed by atoms with Crippen LogP contribution in [0.1, 0.15) is 52.4 Å². The van der Waals surface area contributed by atoms with Crippen molar-refractivity contribution in [1.29, 1.82) is 5.26 Å². The smallest absolute Gasteiger partial charge is 0.339 e. The van der Waals surface area contributed by atoms with E-state index in [1.807, 2.05) is 0 Å². The van der Waals surface area contributed by atoms with Crippen molar-refractivity contribution in [1.82, 2.24) is 9.78 Å². The molecule has 28 heavy (non-hydrogen) atoms. The number of benzene rings is 1. The molecule has 0 saturated heterocycles. The Morgan fingerprint density at radius 2 is 2.11 bits per heavy atom. The molecule has 1 aromatic carbocycles. The van der Waals surface area contributed by atoms with Crippen LogP contribution in [0.15, 0.2) is 28.9 Å². The minimum Gasteiger partial charge on any atom is -0.465 e. The monoisotopic (exact) mass is 445 g/mol. The van der Waals surface area contributed by atoms with E-state index in [0.29, 0.717) is 21.5 Å². The van der Waals surface area contributed by atoms with Gasteiger partial charge in [0.2, 0.25) is 0 Å². The summed E-state index contributed by atoms with van der Waals surface area (Å²) in [5.74, 6) is -0.896. The van der Waals surface area contributed by atoms with Crippen LogP contribution in [0.25, 0.3) is 0 Å². The molecule has 1 aromatic heterocycles. The molecule has 1 amide bonds. The van der Waals surface area contributed by atoms with Crippen molar-refractivity contribution in [3.63, 3.8) is 0 Å². The number of nitrogens with two attached hydrogens (primary N) is 1. The SMILES string of the molecule is COC(=O)c1ccc(Nc2nn(C3CCCCC3C#N)cc2C(N)=O)cc1Br. The Labute approximate surface area is 170 Å². The van der Waals surface area contributed by atoms with E-state index in [9.17, 15) is 14.9 Å². The summed E-state index contributed by atoms with van der Waals surface area (Å²) in [6, 6.07) is 7.23. The fraction of sp³-hybridized carbons (Fsp3) is 0.368. The lowest BCUT2D eigenvalue weighted by Crippen LogP contribution is -2.22. The predicted octanol–water partition coefficient (Wildman–Crippen LogP) is 3.53. The first-order chi connectivity index (χ1) is 13.4. The normalized spacial score (nSPS) is 18.9. The molecule has 2 atom stereocenters. The number of anilines is 2. The Morgan fingerprint density at radius 3 is 2.75 bits per heavy atom. The van der Waals surface area contributed by atoms with Crippen LogP contribution in [-0.2, 0) is 4.74 Å². The van der Waals surface area contributed by atoms with E-state index in [0.717, 1.165) is 25.7 Å². The van der Waals surface area contributed by atoms with Gasteiger partial charge in [-0.2, -0.15) is 10.4 Å². The Kier molecular flexibility index (Phi) is 5.99. The van der Waals surface area contributed by atoms with Gasteiger partial charge in [0.15, 0.2) is 5.82 Å². The molecule has 8 nitrogen and oxygen atoms in total. The molecule has 146 valence electrons. The lowest BCUT2D eigenvalue weighted by molar-refractivity contribution is 0.0599. The first kappa shape index (κ1) is 19.9. The van der Waals surface area contributed by atoms with Gasteiger partial charge in [0, 0.05) is 16.4 Å². The molecule has 2 unspecified atom stereocenters. The van der Waals surface area contributed by atoms with Crippen molar-refractivity contribution in [3.8, 4) is 6.07 Å². The average Bonchev–Trinajstić information content (AvgIpc) is 3.11. The fourth-order valence-electron chi connectivity index (χ4n) is 3.42. The van der Waals surface area contributed by atoms with Crippen LogP contribution < -0.4 is 11.1 Å². The molecule has 1 fully saturated rings. The van der Waals surface area contributed by atoms with Crippen molar-refractivity contribution in [3.05, 3.63) is 40.0 Å². The summed E-state index contributed by atoms with van der Waals surface area (Å²) in [4.78, 5) is 23.6.